The monoisotopic (exact) mass is 428 g/mol. The van der Waals surface area contributed by atoms with Crippen molar-refractivity contribution >= 4 is 23.3 Å². The summed E-state index contributed by atoms with van der Waals surface area (Å²) < 4.78 is 5.32. The minimum atomic E-state index is -0.221. The van der Waals surface area contributed by atoms with Crippen LogP contribution in [0.5, 0.6) is 0 Å². The van der Waals surface area contributed by atoms with Crippen LogP contribution < -0.4 is 5.32 Å². The second kappa shape index (κ2) is 10.6. The van der Waals surface area contributed by atoms with Crippen molar-refractivity contribution in [2.75, 3.05) is 13.1 Å². The van der Waals surface area contributed by atoms with Crippen molar-refractivity contribution in [1.29, 1.82) is 0 Å². The van der Waals surface area contributed by atoms with Gasteiger partial charge in [0.05, 0.1) is 17.0 Å². The first kappa shape index (κ1) is 22.3. The molecule has 2 amide bonds. The SMILES string of the molecule is CCc1ccc(C(=O)NC(CC2CCN(C(=O)OC(C)C)CC2)c2ccccc2)s1. The molecule has 1 aromatic heterocycles. The Balaban J connectivity index is 1.63. The average molecular weight is 429 g/mol. The van der Waals surface area contributed by atoms with E-state index in [1.54, 1.807) is 16.2 Å². The van der Waals surface area contributed by atoms with Gasteiger partial charge in [-0.2, -0.15) is 0 Å². The first-order valence-electron chi connectivity index (χ1n) is 10.9. The summed E-state index contributed by atoms with van der Waals surface area (Å²) in [4.78, 5) is 28.8. The third-order valence-electron chi connectivity index (χ3n) is 5.52. The van der Waals surface area contributed by atoms with E-state index in [1.165, 1.54) is 4.88 Å². The highest BCUT2D eigenvalue weighted by Gasteiger charge is 2.27. The molecule has 0 aliphatic carbocycles. The number of aryl methyl sites for hydroxylation is 1. The minimum Gasteiger partial charge on any atom is -0.447 e. The summed E-state index contributed by atoms with van der Waals surface area (Å²) in [6, 6.07) is 14.1. The van der Waals surface area contributed by atoms with Gasteiger partial charge in [-0.05, 0) is 63.1 Å². The highest BCUT2D eigenvalue weighted by molar-refractivity contribution is 7.14. The van der Waals surface area contributed by atoms with Crippen molar-refractivity contribution in [3.05, 3.63) is 57.8 Å². The van der Waals surface area contributed by atoms with Gasteiger partial charge in [0.25, 0.3) is 5.91 Å². The zero-order valence-corrected chi connectivity index (χ0v) is 18.9. The van der Waals surface area contributed by atoms with Crippen LogP contribution >= 0.6 is 11.3 Å². The number of carbonyl (C=O) groups excluding carboxylic acids is 2. The standard InChI is InChI=1S/C24H32N2O3S/c1-4-20-10-11-22(30-20)23(27)25-21(19-8-6-5-7-9-19)16-18-12-14-26(15-13-18)24(28)29-17(2)3/h5-11,17-18,21H,4,12-16H2,1-3H3,(H,25,27). The maximum Gasteiger partial charge on any atom is 0.410 e. The van der Waals surface area contributed by atoms with E-state index in [2.05, 4.69) is 24.4 Å². The van der Waals surface area contributed by atoms with E-state index >= 15 is 0 Å². The van der Waals surface area contributed by atoms with E-state index in [4.69, 9.17) is 4.74 Å². The maximum absolute atomic E-state index is 12.9. The molecule has 1 fully saturated rings. The van der Waals surface area contributed by atoms with Crippen LogP contribution in [-0.2, 0) is 11.2 Å². The Morgan fingerprint density at radius 2 is 1.83 bits per heavy atom. The van der Waals surface area contributed by atoms with Crippen molar-refractivity contribution in [1.82, 2.24) is 10.2 Å². The highest BCUT2D eigenvalue weighted by atomic mass is 32.1. The first-order valence-corrected chi connectivity index (χ1v) is 11.7. The summed E-state index contributed by atoms with van der Waals surface area (Å²) in [7, 11) is 0. The van der Waals surface area contributed by atoms with Gasteiger partial charge in [-0.15, -0.1) is 11.3 Å². The molecular formula is C24H32N2O3S. The summed E-state index contributed by atoms with van der Waals surface area (Å²) >= 11 is 1.56. The molecule has 2 aromatic rings. The summed E-state index contributed by atoms with van der Waals surface area (Å²) in [5, 5.41) is 3.26. The van der Waals surface area contributed by atoms with Crippen molar-refractivity contribution in [2.45, 2.75) is 58.6 Å². The number of nitrogens with zero attached hydrogens (tertiary/aromatic N) is 1. The summed E-state index contributed by atoms with van der Waals surface area (Å²) in [5.74, 6) is 0.444. The second-order valence-corrected chi connectivity index (χ2v) is 9.32. The molecule has 1 N–H and O–H groups in total. The lowest BCUT2D eigenvalue weighted by atomic mass is 9.87. The number of ether oxygens (including phenoxy) is 1. The number of thiophene rings is 1. The topological polar surface area (TPSA) is 58.6 Å². The lowest BCUT2D eigenvalue weighted by Gasteiger charge is -2.33. The van der Waals surface area contributed by atoms with Crippen LogP contribution in [0, 0.1) is 5.92 Å². The molecule has 2 heterocycles. The Morgan fingerprint density at radius 1 is 1.13 bits per heavy atom. The van der Waals surface area contributed by atoms with Gasteiger partial charge in [0.1, 0.15) is 0 Å². The molecule has 1 saturated heterocycles. The summed E-state index contributed by atoms with van der Waals surface area (Å²) in [6.45, 7) is 7.25. The molecule has 0 bridgehead atoms. The number of hydrogen-bond acceptors (Lipinski definition) is 4. The molecule has 1 unspecified atom stereocenters. The minimum absolute atomic E-state index is 0.00787. The normalized spacial score (nSPS) is 15.8. The van der Waals surface area contributed by atoms with E-state index < -0.39 is 0 Å². The Bertz CT molecular complexity index is 826. The third-order valence-corrected chi connectivity index (χ3v) is 6.75. The van der Waals surface area contributed by atoms with Gasteiger partial charge in [-0.1, -0.05) is 37.3 Å². The highest BCUT2D eigenvalue weighted by Crippen LogP contribution is 2.29. The molecule has 3 rings (SSSR count). The molecule has 162 valence electrons. The number of piperidine rings is 1. The molecule has 1 atom stereocenters. The average Bonchev–Trinajstić information content (AvgIpc) is 3.23. The van der Waals surface area contributed by atoms with E-state index in [0.29, 0.717) is 19.0 Å². The molecule has 0 saturated carbocycles. The van der Waals surface area contributed by atoms with Crippen LogP contribution in [0.4, 0.5) is 4.79 Å². The molecular weight excluding hydrogens is 396 g/mol. The lowest BCUT2D eigenvalue weighted by molar-refractivity contribution is 0.0639. The molecule has 30 heavy (non-hydrogen) atoms. The number of benzene rings is 1. The van der Waals surface area contributed by atoms with Gasteiger partial charge in [-0.3, -0.25) is 4.79 Å². The summed E-state index contributed by atoms with van der Waals surface area (Å²) in [6.07, 6.45) is 3.34. The number of hydrogen-bond donors (Lipinski definition) is 1. The van der Waals surface area contributed by atoms with Crippen molar-refractivity contribution in [2.24, 2.45) is 5.92 Å². The largest absolute Gasteiger partial charge is 0.447 e. The zero-order valence-electron chi connectivity index (χ0n) is 18.1. The fourth-order valence-electron chi connectivity index (χ4n) is 3.84. The maximum atomic E-state index is 12.9. The Morgan fingerprint density at radius 3 is 2.43 bits per heavy atom. The van der Waals surface area contributed by atoms with Gasteiger partial charge in [-0.25, -0.2) is 4.79 Å². The molecule has 6 heteroatoms. The van der Waals surface area contributed by atoms with E-state index in [9.17, 15) is 9.59 Å². The van der Waals surface area contributed by atoms with Crippen LogP contribution in [0.1, 0.15) is 66.2 Å². The van der Waals surface area contributed by atoms with Gasteiger partial charge >= 0.3 is 6.09 Å². The van der Waals surface area contributed by atoms with Gasteiger partial charge in [0, 0.05) is 18.0 Å². The van der Waals surface area contributed by atoms with Crippen molar-refractivity contribution < 1.29 is 14.3 Å². The van der Waals surface area contributed by atoms with Gasteiger partial charge < -0.3 is 15.0 Å². The van der Waals surface area contributed by atoms with Crippen molar-refractivity contribution in [3.63, 3.8) is 0 Å². The van der Waals surface area contributed by atoms with Gasteiger partial charge in [0.15, 0.2) is 0 Å². The van der Waals surface area contributed by atoms with E-state index in [0.717, 1.165) is 36.1 Å². The van der Waals surface area contributed by atoms with Gasteiger partial charge in [0.2, 0.25) is 0 Å². The van der Waals surface area contributed by atoms with Crippen LogP contribution in [0.2, 0.25) is 0 Å². The first-order chi connectivity index (χ1) is 14.5. The fraction of sp³-hybridized carbons (Fsp3) is 0.500. The molecule has 0 radical (unpaired) electrons. The molecule has 5 nitrogen and oxygen atoms in total. The smallest absolute Gasteiger partial charge is 0.410 e. The number of likely N-dealkylation sites (tertiary alicyclic amines) is 1. The molecule has 1 aliphatic rings. The Labute approximate surface area is 183 Å². The number of rotatable bonds is 7. The predicted octanol–water partition coefficient (Wildman–Crippen LogP) is 5.43. The quantitative estimate of drug-likeness (QED) is 0.640. The lowest BCUT2D eigenvalue weighted by Crippen LogP contribution is -2.40. The summed E-state index contributed by atoms with van der Waals surface area (Å²) in [5.41, 5.74) is 1.12. The molecule has 0 spiro atoms. The number of carbonyl (C=O) groups is 2. The second-order valence-electron chi connectivity index (χ2n) is 8.15. The third kappa shape index (κ3) is 6.08. The van der Waals surface area contributed by atoms with E-state index in [1.807, 2.05) is 44.2 Å². The van der Waals surface area contributed by atoms with Crippen LogP contribution in [0.25, 0.3) is 0 Å². The van der Waals surface area contributed by atoms with Crippen LogP contribution in [-0.4, -0.2) is 36.1 Å². The number of amides is 2. The van der Waals surface area contributed by atoms with E-state index in [-0.39, 0.29) is 24.1 Å². The number of nitrogens with one attached hydrogen (secondary N) is 1. The molecule has 1 aliphatic heterocycles. The predicted molar refractivity (Wildman–Crippen MR) is 121 cm³/mol. The fourth-order valence-corrected chi connectivity index (χ4v) is 4.69. The van der Waals surface area contributed by atoms with Crippen LogP contribution in [0.3, 0.4) is 0 Å². The zero-order chi connectivity index (χ0) is 21.5. The Kier molecular flexibility index (Phi) is 7.91. The molecule has 1 aromatic carbocycles. The Hall–Kier alpha value is -2.34. The van der Waals surface area contributed by atoms with Crippen molar-refractivity contribution in [3.8, 4) is 0 Å². The van der Waals surface area contributed by atoms with Crippen LogP contribution in [0.15, 0.2) is 42.5 Å².